The summed E-state index contributed by atoms with van der Waals surface area (Å²) in [4.78, 5) is 38.8. The van der Waals surface area contributed by atoms with E-state index >= 15 is 0 Å². The van der Waals surface area contributed by atoms with Crippen LogP contribution in [0.4, 0.5) is 0 Å². The van der Waals surface area contributed by atoms with Crippen LogP contribution < -0.4 is 0 Å². The third-order valence-electron chi connectivity index (χ3n) is 5.78. The first kappa shape index (κ1) is 21.7. The molecule has 0 spiro atoms. The highest BCUT2D eigenvalue weighted by Crippen LogP contribution is 2.47. The zero-order chi connectivity index (χ0) is 21.7. The molecule has 2 aromatic carbocycles. The number of hydrogen-bond donors (Lipinski definition) is 0. The van der Waals surface area contributed by atoms with Crippen molar-refractivity contribution in [3.63, 3.8) is 0 Å². The standard InChI is InChI=1S/C24H26O6/c1-16-9-11-18(12-10-16)21-14-24(22(26)28-2,23(27)29-3)19(15-30-21)13-20(25)17-7-5-4-6-8-17/h4-12,19,21H,13-15H2,1-3H3/t19-,21+/m0/s1. The second kappa shape index (κ2) is 9.22. The molecule has 1 fully saturated rings. The second-order valence-corrected chi connectivity index (χ2v) is 7.58. The third kappa shape index (κ3) is 4.14. The van der Waals surface area contributed by atoms with Crippen LogP contribution in [-0.4, -0.2) is 38.5 Å². The van der Waals surface area contributed by atoms with Crippen molar-refractivity contribution >= 4 is 17.7 Å². The van der Waals surface area contributed by atoms with Gasteiger partial charge >= 0.3 is 11.9 Å². The van der Waals surface area contributed by atoms with Crippen molar-refractivity contribution in [3.8, 4) is 0 Å². The lowest BCUT2D eigenvalue weighted by atomic mass is 9.67. The van der Waals surface area contributed by atoms with Crippen molar-refractivity contribution in [2.75, 3.05) is 20.8 Å². The van der Waals surface area contributed by atoms with Gasteiger partial charge in [-0.15, -0.1) is 0 Å². The Morgan fingerprint density at radius 3 is 2.13 bits per heavy atom. The van der Waals surface area contributed by atoms with Crippen molar-refractivity contribution < 1.29 is 28.6 Å². The fourth-order valence-electron chi connectivity index (χ4n) is 4.03. The van der Waals surface area contributed by atoms with Gasteiger partial charge in [-0.1, -0.05) is 60.2 Å². The van der Waals surface area contributed by atoms with Crippen molar-refractivity contribution in [1.29, 1.82) is 0 Å². The Hall–Kier alpha value is -2.99. The largest absolute Gasteiger partial charge is 0.468 e. The maximum Gasteiger partial charge on any atom is 0.323 e. The van der Waals surface area contributed by atoms with Crippen LogP contribution in [0.2, 0.25) is 0 Å². The Labute approximate surface area is 176 Å². The molecule has 2 aromatic rings. The fraction of sp³-hybridized carbons (Fsp3) is 0.375. The molecule has 0 saturated carbocycles. The molecule has 0 aliphatic carbocycles. The summed E-state index contributed by atoms with van der Waals surface area (Å²) in [5, 5.41) is 0. The molecule has 0 radical (unpaired) electrons. The topological polar surface area (TPSA) is 78.9 Å². The van der Waals surface area contributed by atoms with Crippen molar-refractivity contribution in [3.05, 3.63) is 71.3 Å². The van der Waals surface area contributed by atoms with E-state index in [4.69, 9.17) is 14.2 Å². The maximum absolute atomic E-state index is 13.0. The van der Waals surface area contributed by atoms with Crippen LogP contribution in [0.5, 0.6) is 0 Å². The van der Waals surface area contributed by atoms with Gasteiger partial charge in [0.15, 0.2) is 11.2 Å². The van der Waals surface area contributed by atoms with E-state index in [1.165, 1.54) is 14.2 Å². The molecular formula is C24H26O6. The monoisotopic (exact) mass is 410 g/mol. The van der Waals surface area contributed by atoms with Crippen LogP contribution in [0, 0.1) is 18.3 Å². The Morgan fingerprint density at radius 2 is 1.57 bits per heavy atom. The second-order valence-electron chi connectivity index (χ2n) is 7.58. The average molecular weight is 410 g/mol. The van der Waals surface area contributed by atoms with Gasteiger partial charge in [0.2, 0.25) is 0 Å². The summed E-state index contributed by atoms with van der Waals surface area (Å²) in [5.74, 6) is -2.29. The SMILES string of the molecule is COC(=O)C1(C(=O)OC)C[C@H](c2ccc(C)cc2)OC[C@@H]1CC(=O)c1ccccc1. The molecule has 6 nitrogen and oxygen atoms in total. The smallest absolute Gasteiger partial charge is 0.323 e. The molecule has 0 unspecified atom stereocenters. The van der Waals surface area contributed by atoms with Crippen molar-refractivity contribution in [2.45, 2.75) is 25.9 Å². The van der Waals surface area contributed by atoms with E-state index in [1.54, 1.807) is 24.3 Å². The summed E-state index contributed by atoms with van der Waals surface area (Å²) in [6.07, 6.45) is -0.483. The molecule has 0 amide bonds. The minimum atomic E-state index is -1.62. The fourth-order valence-corrected chi connectivity index (χ4v) is 4.03. The Bertz CT molecular complexity index is 887. The first-order valence-electron chi connectivity index (χ1n) is 9.85. The molecule has 158 valence electrons. The summed E-state index contributed by atoms with van der Waals surface area (Å²) in [5.41, 5.74) is 0.836. The number of esters is 2. The minimum Gasteiger partial charge on any atom is -0.468 e. The highest BCUT2D eigenvalue weighted by atomic mass is 16.5. The van der Waals surface area contributed by atoms with Crippen molar-refractivity contribution in [1.82, 2.24) is 0 Å². The average Bonchev–Trinajstić information content (AvgIpc) is 2.79. The summed E-state index contributed by atoms with van der Waals surface area (Å²) in [6.45, 7) is 2.03. The molecule has 30 heavy (non-hydrogen) atoms. The number of aryl methyl sites for hydroxylation is 1. The zero-order valence-electron chi connectivity index (χ0n) is 17.4. The van der Waals surface area contributed by atoms with E-state index in [0.717, 1.165) is 11.1 Å². The quantitative estimate of drug-likeness (QED) is 0.411. The number of methoxy groups -OCH3 is 2. The summed E-state index contributed by atoms with van der Waals surface area (Å²) >= 11 is 0. The highest BCUT2D eigenvalue weighted by molar-refractivity contribution is 6.02. The minimum absolute atomic E-state index is 0.0329. The Kier molecular flexibility index (Phi) is 6.67. The Morgan fingerprint density at radius 1 is 0.967 bits per heavy atom. The molecule has 0 aromatic heterocycles. The molecule has 0 bridgehead atoms. The van der Waals surface area contributed by atoms with E-state index in [1.807, 2.05) is 37.3 Å². The molecule has 1 aliphatic heterocycles. The lowest BCUT2D eigenvalue weighted by molar-refractivity contribution is -0.189. The Balaban J connectivity index is 1.96. The van der Waals surface area contributed by atoms with Gasteiger partial charge in [-0.3, -0.25) is 14.4 Å². The normalized spacial score (nSPS) is 20.2. The number of ketones is 1. The van der Waals surface area contributed by atoms with Crippen LogP contribution in [0.3, 0.4) is 0 Å². The van der Waals surface area contributed by atoms with Gasteiger partial charge in [0, 0.05) is 24.3 Å². The van der Waals surface area contributed by atoms with Crippen LogP contribution >= 0.6 is 0 Å². The van der Waals surface area contributed by atoms with Gasteiger partial charge in [0.05, 0.1) is 26.9 Å². The molecule has 6 heteroatoms. The van der Waals surface area contributed by atoms with E-state index in [2.05, 4.69) is 0 Å². The maximum atomic E-state index is 13.0. The number of carbonyl (C=O) groups excluding carboxylic acids is 3. The van der Waals surface area contributed by atoms with Crippen molar-refractivity contribution in [2.24, 2.45) is 11.3 Å². The first-order valence-corrected chi connectivity index (χ1v) is 9.85. The molecule has 1 heterocycles. The van der Waals surface area contributed by atoms with Crippen LogP contribution in [0.15, 0.2) is 54.6 Å². The predicted octanol–water partition coefficient (Wildman–Crippen LogP) is 3.68. The third-order valence-corrected chi connectivity index (χ3v) is 5.78. The summed E-state index contributed by atoms with van der Waals surface area (Å²) < 4.78 is 16.1. The van der Waals surface area contributed by atoms with Crippen LogP contribution in [0.25, 0.3) is 0 Å². The molecular weight excluding hydrogens is 384 g/mol. The van der Waals surface area contributed by atoms with Gasteiger partial charge in [0.1, 0.15) is 0 Å². The van der Waals surface area contributed by atoms with Gasteiger partial charge in [-0.05, 0) is 12.5 Å². The van der Waals surface area contributed by atoms with E-state index in [0.29, 0.717) is 5.56 Å². The molecule has 3 rings (SSSR count). The first-order chi connectivity index (χ1) is 14.4. The molecule has 1 saturated heterocycles. The predicted molar refractivity (Wildman–Crippen MR) is 110 cm³/mol. The lowest BCUT2D eigenvalue weighted by Gasteiger charge is -2.42. The number of benzene rings is 2. The summed E-state index contributed by atoms with van der Waals surface area (Å²) in [7, 11) is 2.47. The van der Waals surface area contributed by atoms with Gasteiger partial charge in [-0.25, -0.2) is 0 Å². The number of Topliss-reactive ketones (excluding diaryl/α,β-unsaturated/α-hetero) is 1. The van der Waals surface area contributed by atoms with E-state index in [9.17, 15) is 14.4 Å². The lowest BCUT2D eigenvalue weighted by Crippen LogP contribution is -2.53. The van der Waals surface area contributed by atoms with E-state index < -0.39 is 29.4 Å². The number of carbonyl (C=O) groups is 3. The van der Waals surface area contributed by atoms with Gasteiger partial charge in [-0.2, -0.15) is 0 Å². The number of rotatable bonds is 6. The summed E-state index contributed by atoms with van der Waals surface area (Å²) in [6, 6.07) is 16.5. The zero-order valence-corrected chi connectivity index (χ0v) is 17.4. The van der Waals surface area contributed by atoms with Crippen LogP contribution in [0.1, 0.15) is 40.4 Å². The van der Waals surface area contributed by atoms with E-state index in [-0.39, 0.29) is 25.2 Å². The van der Waals surface area contributed by atoms with Gasteiger partial charge < -0.3 is 14.2 Å². The molecule has 0 N–H and O–H groups in total. The number of ether oxygens (including phenoxy) is 3. The van der Waals surface area contributed by atoms with Gasteiger partial charge in [0.25, 0.3) is 0 Å². The highest BCUT2D eigenvalue weighted by Gasteiger charge is 2.58. The number of hydrogen-bond acceptors (Lipinski definition) is 6. The van der Waals surface area contributed by atoms with Crippen LogP contribution in [-0.2, 0) is 23.8 Å². The molecule has 1 aliphatic rings. The molecule has 2 atom stereocenters.